The topological polar surface area (TPSA) is 12.5 Å². The van der Waals surface area contributed by atoms with E-state index in [1.807, 2.05) is 24.3 Å². The number of ether oxygens (including phenoxy) is 1. The lowest BCUT2D eigenvalue weighted by atomic mass is 9.98. The standard InChI is InChI=1S/C21H19NO/c1-15(2)17-11-8-14-20-21(17)22(16-9-4-3-5-10-16)18-12-6-7-13-19(18)23-20/h3-15H,1-2H3. The summed E-state index contributed by atoms with van der Waals surface area (Å²) in [6, 6.07) is 25.0. The number of anilines is 3. The van der Waals surface area contributed by atoms with Crippen LogP contribution in [0.3, 0.4) is 0 Å². The van der Waals surface area contributed by atoms with E-state index in [4.69, 9.17) is 4.74 Å². The molecule has 1 aliphatic rings. The highest BCUT2D eigenvalue weighted by atomic mass is 16.5. The molecule has 0 spiro atoms. The summed E-state index contributed by atoms with van der Waals surface area (Å²) < 4.78 is 6.18. The van der Waals surface area contributed by atoms with Gasteiger partial charge in [0.1, 0.15) is 0 Å². The predicted molar refractivity (Wildman–Crippen MR) is 95.3 cm³/mol. The van der Waals surface area contributed by atoms with Crippen LogP contribution in [0.5, 0.6) is 11.5 Å². The van der Waals surface area contributed by atoms with Gasteiger partial charge in [-0.3, -0.25) is 0 Å². The summed E-state index contributed by atoms with van der Waals surface area (Å²) in [6.45, 7) is 4.44. The summed E-state index contributed by atoms with van der Waals surface area (Å²) in [4.78, 5) is 2.31. The van der Waals surface area contributed by atoms with Crippen molar-refractivity contribution in [3.63, 3.8) is 0 Å². The van der Waals surface area contributed by atoms with Crippen molar-refractivity contribution < 1.29 is 4.74 Å². The molecule has 0 unspecified atom stereocenters. The average Bonchev–Trinajstić information content (AvgIpc) is 2.59. The minimum absolute atomic E-state index is 0.421. The van der Waals surface area contributed by atoms with Crippen LogP contribution in [-0.4, -0.2) is 0 Å². The lowest BCUT2D eigenvalue weighted by Crippen LogP contribution is -2.17. The molecule has 0 amide bonds. The monoisotopic (exact) mass is 301 g/mol. The van der Waals surface area contributed by atoms with E-state index in [9.17, 15) is 0 Å². The van der Waals surface area contributed by atoms with Gasteiger partial charge in [-0.25, -0.2) is 0 Å². The molecule has 0 aromatic heterocycles. The van der Waals surface area contributed by atoms with Crippen molar-refractivity contribution in [2.45, 2.75) is 19.8 Å². The van der Waals surface area contributed by atoms with Crippen LogP contribution in [0.2, 0.25) is 0 Å². The van der Waals surface area contributed by atoms with Gasteiger partial charge in [0.25, 0.3) is 0 Å². The molecule has 0 fully saturated rings. The Balaban J connectivity index is 2.01. The molecule has 1 aliphatic heterocycles. The number of hydrogen-bond donors (Lipinski definition) is 0. The van der Waals surface area contributed by atoms with Gasteiger partial charge in [-0.15, -0.1) is 0 Å². The zero-order valence-corrected chi connectivity index (χ0v) is 13.4. The Bertz CT molecular complexity index is 839. The van der Waals surface area contributed by atoms with Gasteiger partial charge in [-0.1, -0.05) is 56.3 Å². The highest BCUT2D eigenvalue weighted by Gasteiger charge is 2.28. The Hall–Kier alpha value is -2.74. The van der Waals surface area contributed by atoms with E-state index >= 15 is 0 Å². The van der Waals surface area contributed by atoms with Crippen LogP contribution < -0.4 is 9.64 Å². The second kappa shape index (κ2) is 5.47. The average molecular weight is 301 g/mol. The summed E-state index contributed by atoms with van der Waals surface area (Å²) in [5.74, 6) is 2.23. The molecule has 0 radical (unpaired) electrons. The first-order chi connectivity index (χ1) is 11.3. The maximum atomic E-state index is 6.18. The molecule has 1 heterocycles. The Morgan fingerprint density at radius 1 is 0.739 bits per heavy atom. The van der Waals surface area contributed by atoms with E-state index in [1.54, 1.807) is 0 Å². The maximum absolute atomic E-state index is 6.18. The Labute approximate surface area is 137 Å². The minimum atomic E-state index is 0.421. The second-order valence-corrected chi connectivity index (χ2v) is 6.09. The lowest BCUT2D eigenvalue weighted by Gasteiger charge is -2.35. The third-order valence-electron chi connectivity index (χ3n) is 4.22. The fraction of sp³-hybridized carbons (Fsp3) is 0.143. The highest BCUT2D eigenvalue weighted by Crippen LogP contribution is 2.52. The highest BCUT2D eigenvalue weighted by molar-refractivity contribution is 5.88. The van der Waals surface area contributed by atoms with Crippen LogP contribution in [0.25, 0.3) is 0 Å². The first kappa shape index (κ1) is 13.9. The molecular formula is C21H19NO. The number of nitrogens with zero attached hydrogens (tertiary/aromatic N) is 1. The predicted octanol–water partition coefficient (Wildman–Crippen LogP) is 6.39. The zero-order chi connectivity index (χ0) is 15.8. The number of hydrogen-bond acceptors (Lipinski definition) is 2. The van der Waals surface area contributed by atoms with Gasteiger partial charge in [-0.05, 0) is 41.8 Å². The Kier molecular flexibility index (Phi) is 3.30. The lowest BCUT2D eigenvalue weighted by molar-refractivity contribution is 0.475. The summed E-state index contributed by atoms with van der Waals surface area (Å²) in [5.41, 5.74) is 4.67. The quantitative estimate of drug-likeness (QED) is 0.425. The number of benzene rings is 3. The van der Waals surface area contributed by atoms with Crippen molar-refractivity contribution in [1.29, 1.82) is 0 Å². The normalized spacial score (nSPS) is 12.6. The third kappa shape index (κ3) is 2.27. The van der Waals surface area contributed by atoms with Gasteiger partial charge in [0.05, 0.1) is 11.4 Å². The van der Waals surface area contributed by atoms with E-state index in [0.29, 0.717) is 5.92 Å². The van der Waals surface area contributed by atoms with Gasteiger partial charge >= 0.3 is 0 Å². The van der Waals surface area contributed by atoms with E-state index < -0.39 is 0 Å². The molecule has 0 N–H and O–H groups in total. The number of para-hydroxylation sites is 4. The SMILES string of the molecule is CC(C)c1cccc2c1N(c1ccccc1)c1ccccc1O2. The van der Waals surface area contributed by atoms with Crippen LogP contribution >= 0.6 is 0 Å². The van der Waals surface area contributed by atoms with Crippen LogP contribution in [0, 0.1) is 0 Å². The molecule has 0 aliphatic carbocycles. The van der Waals surface area contributed by atoms with Crippen LogP contribution in [-0.2, 0) is 0 Å². The molecule has 4 rings (SSSR count). The van der Waals surface area contributed by atoms with E-state index in [-0.39, 0.29) is 0 Å². The first-order valence-electron chi connectivity index (χ1n) is 8.00. The van der Waals surface area contributed by atoms with Gasteiger partial charge in [0.2, 0.25) is 0 Å². The summed E-state index contributed by atoms with van der Waals surface area (Å²) in [7, 11) is 0. The number of rotatable bonds is 2. The largest absolute Gasteiger partial charge is 0.453 e. The first-order valence-corrected chi connectivity index (χ1v) is 8.00. The molecule has 2 nitrogen and oxygen atoms in total. The molecule has 3 aromatic carbocycles. The van der Waals surface area contributed by atoms with Gasteiger partial charge in [0, 0.05) is 5.69 Å². The molecule has 0 saturated carbocycles. The summed E-state index contributed by atoms with van der Waals surface area (Å²) >= 11 is 0. The van der Waals surface area contributed by atoms with Crippen molar-refractivity contribution >= 4 is 17.1 Å². The zero-order valence-electron chi connectivity index (χ0n) is 13.4. The second-order valence-electron chi connectivity index (χ2n) is 6.09. The Morgan fingerprint density at radius 3 is 2.22 bits per heavy atom. The smallest absolute Gasteiger partial charge is 0.151 e. The van der Waals surface area contributed by atoms with Crippen molar-refractivity contribution in [1.82, 2.24) is 0 Å². The van der Waals surface area contributed by atoms with E-state index in [1.165, 1.54) is 5.56 Å². The molecule has 2 heteroatoms. The molecule has 3 aromatic rings. The van der Waals surface area contributed by atoms with Crippen molar-refractivity contribution in [3.8, 4) is 11.5 Å². The fourth-order valence-electron chi connectivity index (χ4n) is 3.14. The molecule has 114 valence electrons. The fourth-order valence-corrected chi connectivity index (χ4v) is 3.14. The maximum Gasteiger partial charge on any atom is 0.151 e. The molecule has 0 saturated heterocycles. The Morgan fingerprint density at radius 2 is 1.43 bits per heavy atom. The van der Waals surface area contributed by atoms with Crippen molar-refractivity contribution in [2.75, 3.05) is 4.90 Å². The molecule has 0 atom stereocenters. The molecule has 0 bridgehead atoms. The summed E-state index contributed by atoms with van der Waals surface area (Å²) in [6.07, 6.45) is 0. The molecular weight excluding hydrogens is 282 g/mol. The van der Waals surface area contributed by atoms with E-state index in [0.717, 1.165) is 28.6 Å². The van der Waals surface area contributed by atoms with Crippen LogP contribution in [0.4, 0.5) is 17.1 Å². The van der Waals surface area contributed by atoms with Gasteiger partial charge in [0.15, 0.2) is 11.5 Å². The van der Waals surface area contributed by atoms with E-state index in [2.05, 4.69) is 67.3 Å². The van der Waals surface area contributed by atoms with Gasteiger partial charge in [-0.2, -0.15) is 0 Å². The summed E-state index contributed by atoms with van der Waals surface area (Å²) in [5, 5.41) is 0. The third-order valence-corrected chi connectivity index (χ3v) is 4.22. The van der Waals surface area contributed by atoms with Crippen molar-refractivity contribution in [2.24, 2.45) is 0 Å². The van der Waals surface area contributed by atoms with Crippen LogP contribution in [0.1, 0.15) is 25.3 Å². The number of fused-ring (bicyclic) bond motifs is 2. The molecule has 23 heavy (non-hydrogen) atoms. The van der Waals surface area contributed by atoms with Crippen molar-refractivity contribution in [3.05, 3.63) is 78.4 Å². The van der Waals surface area contributed by atoms with Gasteiger partial charge < -0.3 is 9.64 Å². The van der Waals surface area contributed by atoms with Crippen LogP contribution in [0.15, 0.2) is 72.8 Å². The minimum Gasteiger partial charge on any atom is -0.453 e.